The lowest BCUT2D eigenvalue weighted by Crippen LogP contribution is -2.31. The van der Waals surface area contributed by atoms with Gasteiger partial charge >= 0.3 is 0 Å². The molecular weight excluding hydrogens is 272 g/mol. The Morgan fingerprint density at radius 3 is 2.76 bits per heavy atom. The van der Waals surface area contributed by atoms with Gasteiger partial charge in [0.15, 0.2) is 5.76 Å². The Balaban J connectivity index is 2.15. The van der Waals surface area contributed by atoms with Crippen molar-refractivity contribution in [3.8, 4) is 0 Å². The standard InChI is InChI=1S/C14H20N4O3/c1-9(2)6-11(13-15-8-16-18(13)3)17-14(20)12-5-4-10(7-19)21-12/h4-5,8-9,11,19H,6-7H2,1-3H3,(H,17,20)/t11-/m1/s1. The molecule has 0 spiro atoms. The molecule has 0 radical (unpaired) electrons. The Hall–Kier alpha value is -2.15. The summed E-state index contributed by atoms with van der Waals surface area (Å²) in [5.41, 5.74) is 0. The van der Waals surface area contributed by atoms with Crippen molar-refractivity contribution in [1.82, 2.24) is 20.1 Å². The molecule has 0 aromatic carbocycles. The van der Waals surface area contributed by atoms with Crippen molar-refractivity contribution in [2.75, 3.05) is 0 Å². The summed E-state index contributed by atoms with van der Waals surface area (Å²) in [7, 11) is 1.79. The van der Waals surface area contributed by atoms with Crippen LogP contribution in [0.5, 0.6) is 0 Å². The molecular formula is C14H20N4O3. The van der Waals surface area contributed by atoms with Crippen molar-refractivity contribution < 1.29 is 14.3 Å². The van der Waals surface area contributed by atoms with Crippen LogP contribution in [0.25, 0.3) is 0 Å². The molecule has 0 aliphatic carbocycles. The number of nitrogens with one attached hydrogen (secondary N) is 1. The van der Waals surface area contributed by atoms with Gasteiger partial charge in [-0.1, -0.05) is 13.8 Å². The summed E-state index contributed by atoms with van der Waals surface area (Å²) < 4.78 is 6.89. The third-order valence-electron chi connectivity index (χ3n) is 3.11. The Labute approximate surface area is 123 Å². The molecule has 7 nitrogen and oxygen atoms in total. The van der Waals surface area contributed by atoms with E-state index in [1.807, 2.05) is 0 Å². The number of aromatic nitrogens is 3. The molecule has 2 heterocycles. The van der Waals surface area contributed by atoms with Crippen LogP contribution in [0.4, 0.5) is 0 Å². The van der Waals surface area contributed by atoms with Gasteiger partial charge in [0.25, 0.3) is 5.91 Å². The van der Waals surface area contributed by atoms with E-state index in [1.165, 1.54) is 6.33 Å². The molecule has 2 aromatic heterocycles. The highest BCUT2D eigenvalue weighted by Gasteiger charge is 2.22. The Morgan fingerprint density at radius 2 is 2.24 bits per heavy atom. The molecule has 2 N–H and O–H groups in total. The van der Waals surface area contributed by atoms with Gasteiger partial charge < -0.3 is 14.8 Å². The topological polar surface area (TPSA) is 93.2 Å². The molecule has 1 atom stereocenters. The first-order valence-corrected chi connectivity index (χ1v) is 6.85. The van der Waals surface area contributed by atoms with Gasteiger partial charge in [0.1, 0.15) is 24.5 Å². The van der Waals surface area contributed by atoms with Crippen molar-refractivity contribution in [3.05, 3.63) is 35.8 Å². The fraction of sp³-hybridized carbons (Fsp3) is 0.500. The van der Waals surface area contributed by atoms with Crippen LogP contribution in [0.3, 0.4) is 0 Å². The second kappa shape index (κ2) is 6.53. The molecule has 0 aliphatic heterocycles. The lowest BCUT2D eigenvalue weighted by molar-refractivity contribution is 0.0896. The number of aliphatic hydroxyl groups excluding tert-OH is 1. The number of hydrogen-bond acceptors (Lipinski definition) is 5. The Bertz CT molecular complexity index is 603. The lowest BCUT2D eigenvalue weighted by Gasteiger charge is -2.19. The van der Waals surface area contributed by atoms with E-state index in [-0.39, 0.29) is 24.3 Å². The van der Waals surface area contributed by atoms with Crippen LogP contribution in [-0.4, -0.2) is 25.8 Å². The van der Waals surface area contributed by atoms with Crippen LogP contribution >= 0.6 is 0 Å². The molecule has 0 bridgehead atoms. The van der Waals surface area contributed by atoms with Crippen LogP contribution < -0.4 is 5.32 Å². The minimum atomic E-state index is -0.330. The summed E-state index contributed by atoms with van der Waals surface area (Å²) in [5.74, 6) is 1.29. The normalized spacial score (nSPS) is 12.6. The SMILES string of the molecule is CC(C)C[C@@H](NC(=O)c1ccc(CO)o1)c1ncnn1C. The minimum absolute atomic E-state index is 0.176. The van der Waals surface area contributed by atoms with Crippen LogP contribution in [0.2, 0.25) is 0 Å². The number of hydrogen-bond donors (Lipinski definition) is 2. The lowest BCUT2D eigenvalue weighted by atomic mass is 10.0. The summed E-state index contributed by atoms with van der Waals surface area (Å²) in [6, 6.07) is 2.88. The largest absolute Gasteiger partial charge is 0.453 e. The monoisotopic (exact) mass is 292 g/mol. The van der Waals surface area contributed by atoms with Gasteiger partial charge in [0.05, 0.1) is 6.04 Å². The number of furan rings is 1. The van der Waals surface area contributed by atoms with E-state index in [1.54, 1.807) is 23.9 Å². The van der Waals surface area contributed by atoms with Crippen molar-refractivity contribution in [2.24, 2.45) is 13.0 Å². The van der Waals surface area contributed by atoms with E-state index in [2.05, 4.69) is 29.2 Å². The van der Waals surface area contributed by atoms with Gasteiger partial charge in [0, 0.05) is 7.05 Å². The second-order valence-corrected chi connectivity index (χ2v) is 5.32. The van der Waals surface area contributed by atoms with Gasteiger partial charge in [0.2, 0.25) is 0 Å². The molecule has 21 heavy (non-hydrogen) atoms. The van der Waals surface area contributed by atoms with Crippen molar-refractivity contribution in [3.63, 3.8) is 0 Å². The summed E-state index contributed by atoms with van der Waals surface area (Å²) in [6.07, 6.45) is 2.21. The molecule has 0 aliphatic rings. The van der Waals surface area contributed by atoms with E-state index in [9.17, 15) is 4.79 Å². The maximum absolute atomic E-state index is 12.2. The van der Waals surface area contributed by atoms with Crippen LogP contribution in [0.1, 0.15) is 48.4 Å². The first-order valence-electron chi connectivity index (χ1n) is 6.85. The number of aliphatic hydroxyl groups is 1. The minimum Gasteiger partial charge on any atom is -0.453 e. The number of carbonyl (C=O) groups excluding carboxylic acids is 1. The molecule has 0 fully saturated rings. The zero-order valence-corrected chi connectivity index (χ0v) is 12.4. The summed E-state index contributed by atoms with van der Waals surface area (Å²) in [4.78, 5) is 16.4. The molecule has 1 amide bonds. The smallest absolute Gasteiger partial charge is 0.287 e. The van der Waals surface area contributed by atoms with Gasteiger partial charge in [-0.2, -0.15) is 5.10 Å². The van der Waals surface area contributed by atoms with Gasteiger partial charge in [-0.15, -0.1) is 0 Å². The first kappa shape index (κ1) is 15.2. The fourth-order valence-electron chi connectivity index (χ4n) is 2.14. The fourth-order valence-corrected chi connectivity index (χ4v) is 2.14. The number of aryl methyl sites for hydroxylation is 1. The van der Waals surface area contributed by atoms with Crippen molar-refractivity contribution in [2.45, 2.75) is 32.9 Å². The molecule has 0 saturated carbocycles. The van der Waals surface area contributed by atoms with Crippen LogP contribution in [-0.2, 0) is 13.7 Å². The van der Waals surface area contributed by atoms with E-state index < -0.39 is 0 Å². The van der Waals surface area contributed by atoms with Gasteiger partial charge in [-0.05, 0) is 24.5 Å². The third kappa shape index (κ3) is 3.69. The third-order valence-corrected chi connectivity index (χ3v) is 3.11. The average molecular weight is 292 g/mol. The highest BCUT2D eigenvalue weighted by atomic mass is 16.4. The van der Waals surface area contributed by atoms with Gasteiger partial charge in [-0.25, -0.2) is 4.98 Å². The molecule has 7 heteroatoms. The maximum Gasteiger partial charge on any atom is 0.287 e. The second-order valence-electron chi connectivity index (χ2n) is 5.32. The zero-order chi connectivity index (χ0) is 15.4. The van der Waals surface area contributed by atoms with E-state index in [4.69, 9.17) is 9.52 Å². The maximum atomic E-state index is 12.2. The summed E-state index contributed by atoms with van der Waals surface area (Å²) >= 11 is 0. The predicted molar refractivity (Wildman–Crippen MR) is 75.3 cm³/mol. The average Bonchev–Trinajstić information content (AvgIpc) is 3.05. The Morgan fingerprint density at radius 1 is 1.48 bits per heavy atom. The van der Waals surface area contributed by atoms with E-state index >= 15 is 0 Å². The predicted octanol–water partition coefficient (Wildman–Crippen LogP) is 1.42. The van der Waals surface area contributed by atoms with Crippen molar-refractivity contribution >= 4 is 5.91 Å². The molecule has 2 aromatic rings. The van der Waals surface area contributed by atoms with Crippen LogP contribution in [0.15, 0.2) is 22.9 Å². The number of rotatable bonds is 6. The summed E-state index contributed by atoms with van der Waals surface area (Å²) in [5, 5.41) is 15.9. The quantitative estimate of drug-likeness (QED) is 0.840. The number of nitrogens with zero attached hydrogens (tertiary/aromatic N) is 3. The molecule has 0 saturated heterocycles. The zero-order valence-electron chi connectivity index (χ0n) is 12.4. The van der Waals surface area contributed by atoms with Crippen LogP contribution in [0, 0.1) is 5.92 Å². The highest BCUT2D eigenvalue weighted by Crippen LogP contribution is 2.20. The molecule has 2 rings (SSSR count). The summed E-state index contributed by atoms with van der Waals surface area (Å²) in [6.45, 7) is 3.92. The van der Waals surface area contributed by atoms with E-state index in [0.717, 1.165) is 6.42 Å². The Kier molecular flexibility index (Phi) is 4.74. The highest BCUT2D eigenvalue weighted by molar-refractivity contribution is 5.91. The first-order chi connectivity index (χ1) is 10.0. The number of amides is 1. The van der Waals surface area contributed by atoms with E-state index in [0.29, 0.717) is 17.5 Å². The van der Waals surface area contributed by atoms with Crippen molar-refractivity contribution in [1.29, 1.82) is 0 Å². The number of carbonyl (C=O) groups is 1. The molecule has 0 unspecified atom stereocenters. The van der Waals surface area contributed by atoms with Gasteiger partial charge in [-0.3, -0.25) is 9.48 Å². The molecule has 114 valence electrons.